The summed E-state index contributed by atoms with van der Waals surface area (Å²) in [6.45, 7) is -0.174. The lowest BCUT2D eigenvalue weighted by atomic mass is 10.2. The van der Waals surface area contributed by atoms with Crippen LogP contribution in [0.5, 0.6) is 5.75 Å². The molecule has 2 N–H and O–H groups in total. The van der Waals surface area contributed by atoms with Crippen LogP contribution in [-0.2, 0) is 4.79 Å². The van der Waals surface area contributed by atoms with Crippen molar-refractivity contribution in [3.05, 3.63) is 83.6 Å². The summed E-state index contributed by atoms with van der Waals surface area (Å²) in [5.74, 6) is -0.136. The van der Waals surface area contributed by atoms with Crippen molar-refractivity contribution in [1.29, 1.82) is 0 Å². The van der Waals surface area contributed by atoms with Crippen LogP contribution in [0.15, 0.2) is 73.1 Å². The fraction of sp³-hybridized carbons (Fsp3) is 0.0500. The number of para-hydroxylation sites is 2. The van der Waals surface area contributed by atoms with Gasteiger partial charge in [-0.1, -0.05) is 23.7 Å². The molecule has 1 aromatic heterocycles. The molecular formula is C20H16ClN3O3. The van der Waals surface area contributed by atoms with Crippen molar-refractivity contribution in [1.82, 2.24) is 4.98 Å². The molecular weight excluding hydrogens is 366 g/mol. The number of carbonyl (C=O) groups is 2. The lowest BCUT2D eigenvalue weighted by Crippen LogP contribution is -2.21. The zero-order chi connectivity index (χ0) is 19.1. The first-order chi connectivity index (χ1) is 13.1. The fourth-order valence-corrected chi connectivity index (χ4v) is 2.38. The van der Waals surface area contributed by atoms with Crippen molar-refractivity contribution < 1.29 is 14.3 Å². The summed E-state index contributed by atoms with van der Waals surface area (Å²) >= 11 is 5.81. The summed E-state index contributed by atoms with van der Waals surface area (Å²) in [7, 11) is 0. The van der Waals surface area contributed by atoms with Crippen molar-refractivity contribution >= 4 is 34.8 Å². The van der Waals surface area contributed by atoms with Gasteiger partial charge in [-0.25, -0.2) is 0 Å². The van der Waals surface area contributed by atoms with Gasteiger partial charge < -0.3 is 15.4 Å². The Bertz CT molecular complexity index is 931. The zero-order valence-electron chi connectivity index (χ0n) is 14.2. The van der Waals surface area contributed by atoms with E-state index in [0.717, 1.165) is 0 Å². The summed E-state index contributed by atoms with van der Waals surface area (Å²) in [6, 6.07) is 17.0. The molecule has 0 radical (unpaired) electrons. The Morgan fingerprint density at radius 2 is 1.63 bits per heavy atom. The highest BCUT2D eigenvalue weighted by atomic mass is 35.5. The Hall–Kier alpha value is -3.38. The molecule has 0 aliphatic carbocycles. The number of ether oxygens (including phenoxy) is 1. The van der Waals surface area contributed by atoms with Crippen LogP contribution in [0, 0.1) is 0 Å². The van der Waals surface area contributed by atoms with E-state index < -0.39 is 0 Å². The molecule has 0 atom stereocenters. The molecule has 0 saturated heterocycles. The highest BCUT2D eigenvalue weighted by molar-refractivity contribution is 6.30. The van der Waals surface area contributed by atoms with E-state index in [0.29, 0.717) is 27.7 Å². The van der Waals surface area contributed by atoms with Crippen LogP contribution in [-0.4, -0.2) is 23.4 Å². The van der Waals surface area contributed by atoms with E-state index in [-0.39, 0.29) is 18.4 Å². The molecule has 0 saturated carbocycles. The number of hydrogen-bond donors (Lipinski definition) is 2. The molecule has 0 bridgehead atoms. The molecule has 0 spiro atoms. The predicted molar refractivity (Wildman–Crippen MR) is 104 cm³/mol. The van der Waals surface area contributed by atoms with Crippen LogP contribution in [0.4, 0.5) is 11.4 Å². The van der Waals surface area contributed by atoms with Crippen molar-refractivity contribution in [2.45, 2.75) is 0 Å². The maximum absolute atomic E-state index is 12.3. The van der Waals surface area contributed by atoms with E-state index in [1.807, 2.05) is 0 Å². The number of anilines is 2. The van der Waals surface area contributed by atoms with Gasteiger partial charge in [-0.15, -0.1) is 0 Å². The first-order valence-corrected chi connectivity index (χ1v) is 8.48. The average molecular weight is 382 g/mol. The van der Waals surface area contributed by atoms with Crippen LogP contribution in [0.25, 0.3) is 0 Å². The number of rotatable bonds is 6. The van der Waals surface area contributed by atoms with Crippen molar-refractivity contribution in [2.24, 2.45) is 0 Å². The Balaban J connectivity index is 1.62. The van der Waals surface area contributed by atoms with Gasteiger partial charge >= 0.3 is 0 Å². The molecule has 1 heterocycles. The Morgan fingerprint density at radius 3 is 2.30 bits per heavy atom. The second kappa shape index (κ2) is 8.82. The lowest BCUT2D eigenvalue weighted by molar-refractivity contribution is -0.118. The summed E-state index contributed by atoms with van der Waals surface area (Å²) in [5.41, 5.74) is 1.37. The summed E-state index contributed by atoms with van der Waals surface area (Å²) in [4.78, 5) is 28.4. The van der Waals surface area contributed by atoms with Gasteiger partial charge in [0.05, 0.1) is 16.9 Å². The van der Waals surface area contributed by atoms with Gasteiger partial charge in [-0.2, -0.15) is 0 Å². The van der Waals surface area contributed by atoms with E-state index in [1.54, 1.807) is 66.9 Å². The molecule has 0 aliphatic rings. The number of nitrogens with zero attached hydrogens (tertiary/aromatic N) is 1. The van der Waals surface area contributed by atoms with Crippen molar-refractivity contribution in [2.75, 3.05) is 17.2 Å². The Labute approximate surface area is 161 Å². The molecule has 3 aromatic rings. The molecule has 0 aliphatic heterocycles. The van der Waals surface area contributed by atoms with E-state index in [9.17, 15) is 9.59 Å². The molecule has 136 valence electrons. The standard InChI is InChI=1S/C20H16ClN3O3/c21-15-7-9-16(10-8-15)27-13-19(25)23-17-5-1-2-6-18(17)24-20(26)14-4-3-11-22-12-14/h1-12H,13H2,(H,23,25)(H,24,26). The molecule has 27 heavy (non-hydrogen) atoms. The van der Waals surface area contributed by atoms with Crippen LogP contribution < -0.4 is 15.4 Å². The maximum atomic E-state index is 12.3. The number of halogens is 1. The number of carbonyl (C=O) groups excluding carboxylic acids is 2. The lowest BCUT2D eigenvalue weighted by Gasteiger charge is -2.12. The van der Waals surface area contributed by atoms with Gasteiger partial charge in [-0.3, -0.25) is 14.6 Å². The fourth-order valence-electron chi connectivity index (χ4n) is 2.26. The Morgan fingerprint density at radius 1 is 0.926 bits per heavy atom. The van der Waals surface area contributed by atoms with Crippen LogP contribution in [0.1, 0.15) is 10.4 Å². The number of amides is 2. The topological polar surface area (TPSA) is 80.3 Å². The smallest absolute Gasteiger partial charge is 0.262 e. The van der Waals surface area contributed by atoms with Crippen LogP contribution in [0.3, 0.4) is 0 Å². The van der Waals surface area contributed by atoms with E-state index in [4.69, 9.17) is 16.3 Å². The number of pyridine rings is 1. The molecule has 2 aromatic carbocycles. The molecule has 6 nitrogen and oxygen atoms in total. The van der Waals surface area contributed by atoms with Gasteiger partial charge in [0.25, 0.3) is 11.8 Å². The predicted octanol–water partition coefficient (Wildman–Crippen LogP) is 4.00. The third kappa shape index (κ3) is 5.29. The number of nitrogens with one attached hydrogen (secondary N) is 2. The van der Waals surface area contributed by atoms with E-state index in [2.05, 4.69) is 15.6 Å². The summed E-state index contributed by atoms with van der Waals surface area (Å²) < 4.78 is 5.42. The Kier molecular flexibility index (Phi) is 6.02. The SMILES string of the molecule is O=C(COc1ccc(Cl)cc1)Nc1ccccc1NC(=O)c1cccnc1. The molecule has 7 heteroatoms. The average Bonchev–Trinajstić information content (AvgIpc) is 2.70. The second-order valence-corrected chi connectivity index (χ2v) is 5.97. The first kappa shape index (κ1) is 18.4. The van der Waals surface area contributed by atoms with Gasteiger partial charge in [0, 0.05) is 17.4 Å². The van der Waals surface area contributed by atoms with Crippen molar-refractivity contribution in [3.8, 4) is 5.75 Å². The van der Waals surface area contributed by atoms with E-state index in [1.165, 1.54) is 6.20 Å². The van der Waals surface area contributed by atoms with Crippen LogP contribution in [0.2, 0.25) is 5.02 Å². The molecule has 3 rings (SSSR count). The third-order valence-electron chi connectivity index (χ3n) is 3.56. The normalized spacial score (nSPS) is 10.1. The second-order valence-electron chi connectivity index (χ2n) is 5.53. The minimum absolute atomic E-state index is 0.174. The highest BCUT2D eigenvalue weighted by Gasteiger charge is 2.11. The van der Waals surface area contributed by atoms with Gasteiger partial charge in [0.15, 0.2) is 6.61 Å². The quantitative estimate of drug-likeness (QED) is 0.676. The number of aromatic nitrogens is 1. The maximum Gasteiger partial charge on any atom is 0.262 e. The minimum atomic E-state index is -0.354. The number of benzene rings is 2. The monoisotopic (exact) mass is 381 g/mol. The van der Waals surface area contributed by atoms with Gasteiger partial charge in [0.1, 0.15) is 5.75 Å². The first-order valence-electron chi connectivity index (χ1n) is 8.10. The van der Waals surface area contributed by atoms with Gasteiger partial charge in [0.2, 0.25) is 0 Å². The molecule has 2 amide bonds. The summed E-state index contributed by atoms with van der Waals surface area (Å²) in [6.07, 6.45) is 3.06. The zero-order valence-corrected chi connectivity index (χ0v) is 14.9. The summed E-state index contributed by atoms with van der Waals surface area (Å²) in [5, 5.41) is 6.08. The van der Waals surface area contributed by atoms with E-state index >= 15 is 0 Å². The third-order valence-corrected chi connectivity index (χ3v) is 3.81. The molecule has 0 fully saturated rings. The van der Waals surface area contributed by atoms with Crippen LogP contribution >= 0.6 is 11.6 Å². The van der Waals surface area contributed by atoms with Gasteiger partial charge in [-0.05, 0) is 48.5 Å². The highest BCUT2D eigenvalue weighted by Crippen LogP contribution is 2.22. The van der Waals surface area contributed by atoms with Crippen molar-refractivity contribution in [3.63, 3.8) is 0 Å². The number of hydrogen-bond acceptors (Lipinski definition) is 4. The largest absolute Gasteiger partial charge is 0.484 e. The molecule has 0 unspecified atom stereocenters. The minimum Gasteiger partial charge on any atom is -0.484 e.